The predicted octanol–water partition coefficient (Wildman–Crippen LogP) is 2.28. The fraction of sp³-hybridized carbons (Fsp3) is 1.00. The van der Waals surface area contributed by atoms with E-state index in [1.54, 1.807) is 0 Å². The van der Waals surface area contributed by atoms with Gasteiger partial charge in [-0.1, -0.05) is 0 Å². The lowest BCUT2D eigenvalue weighted by Gasteiger charge is -2.32. The summed E-state index contributed by atoms with van der Waals surface area (Å²) >= 11 is 0. The third-order valence-corrected chi connectivity index (χ3v) is 2.66. The van der Waals surface area contributed by atoms with Gasteiger partial charge in [0, 0.05) is 6.04 Å². The monoisotopic (exact) mass is 185 g/mol. The zero-order valence-corrected chi connectivity index (χ0v) is 9.63. The third kappa shape index (κ3) is 3.28. The molecule has 1 aliphatic rings. The molecule has 1 fully saturated rings. The van der Waals surface area contributed by atoms with Gasteiger partial charge in [-0.2, -0.15) is 0 Å². The first-order chi connectivity index (χ1) is 5.90. The molecule has 0 aromatic carbocycles. The van der Waals surface area contributed by atoms with E-state index >= 15 is 0 Å². The molecule has 1 heterocycles. The fourth-order valence-corrected chi connectivity index (χ4v) is 2.17. The van der Waals surface area contributed by atoms with E-state index in [-0.39, 0.29) is 5.60 Å². The molecule has 0 radical (unpaired) electrons. The lowest BCUT2D eigenvalue weighted by Crippen LogP contribution is -2.40. The summed E-state index contributed by atoms with van der Waals surface area (Å²) in [6.45, 7) is 9.79. The fourth-order valence-electron chi connectivity index (χ4n) is 2.17. The van der Waals surface area contributed by atoms with E-state index in [0.29, 0.717) is 12.1 Å². The summed E-state index contributed by atoms with van der Waals surface area (Å²) in [6.07, 6.45) is 2.96. The third-order valence-electron chi connectivity index (χ3n) is 2.66. The highest BCUT2D eigenvalue weighted by Crippen LogP contribution is 2.23. The molecule has 2 heteroatoms. The number of likely N-dealkylation sites (N-methyl/N-ethyl adjacent to an activating group) is 1. The van der Waals surface area contributed by atoms with Gasteiger partial charge in [-0.25, -0.2) is 0 Å². The van der Waals surface area contributed by atoms with Crippen molar-refractivity contribution >= 4 is 0 Å². The average Bonchev–Trinajstić information content (AvgIpc) is 2.30. The Labute approximate surface area is 82.3 Å². The van der Waals surface area contributed by atoms with Crippen molar-refractivity contribution in [3.63, 3.8) is 0 Å². The highest BCUT2D eigenvalue weighted by atomic mass is 16.5. The zero-order valence-electron chi connectivity index (χ0n) is 9.63. The maximum absolute atomic E-state index is 5.95. The summed E-state index contributed by atoms with van der Waals surface area (Å²) in [4.78, 5) is 2.41. The topological polar surface area (TPSA) is 12.5 Å². The minimum atomic E-state index is -0.0111. The molecule has 0 aliphatic carbocycles. The Balaban J connectivity index is 2.43. The van der Waals surface area contributed by atoms with Crippen LogP contribution >= 0.6 is 0 Å². The van der Waals surface area contributed by atoms with Gasteiger partial charge in [0.25, 0.3) is 0 Å². The predicted molar refractivity (Wildman–Crippen MR) is 56.0 cm³/mol. The Kier molecular flexibility index (Phi) is 3.36. The van der Waals surface area contributed by atoms with Crippen molar-refractivity contribution in [2.45, 2.75) is 58.3 Å². The highest BCUT2D eigenvalue weighted by Gasteiger charge is 2.29. The van der Waals surface area contributed by atoms with Crippen LogP contribution in [0.25, 0.3) is 0 Å². The lowest BCUT2D eigenvalue weighted by atomic mass is 10.1. The Hall–Kier alpha value is -0.0800. The molecule has 0 aromatic heterocycles. The van der Waals surface area contributed by atoms with Gasteiger partial charge in [0.05, 0.1) is 11.7 Å². The highest BCUT2D eigenvalue weighted by molar-refractivity contribution is 4.82. The van der Waals surface area contributed by atoms with Crippen LogP contribution in [-0.2, 0) is 4.74 Å². The number of likely N-dealkylation sites (tertiary alicyclic amines) is 1. The maximum Gasteiger partial charge on any atom is 0.0709 e. The van der Waals surface area contributed by atoms with Crippen LogP contribution in [0.2, 0.25) is 0 Å². The van der Waals surface area contributed by atoms with Gasteiger partial charge >= 0.3 is 0 Å². The molecule has 0 spiro atoms. The molecule has 1 rings (SSSR count). The summed E-state index contributed by atoms with van der Waals surface area (Å²) in [5, 5.41) is 0. The first-order valence-electron chi connectivity index (χ1n) is 5.28. The molecular formula is C11H23NO. The molecule has 0 amide bonds. The Morgan fingerprint density at radius 1 is 1.38 bits per heavy atom. The van der Waals surface area contributed by atoms with Gasteiger partial charge in [0.1, 0.15) is 0 Å². The van der Waals surface area contributed by atoms with Crippen molar-refractivity contribution in [3.05, 3.63) is 0 Å². The Morgan fingerprint density at radius 3 is 2.38 bits per heavy atom. The molecule has 0 saturated carbocycles. The second-order valence-electron chi connectivity index (χ2n) is 5.13. The van der Waals surface area contributed by atoms with E-state index in [9.17, 15) is 0 Å². The van der Waals surface area contributed by atoms with Crippen molar-refractivity contribution in [1.82, 2.24) is 4.90 Å². The van der Waals surface area contributed by atoms with E-state index in [1.165, 1.54) is 19.4 Å². The lowest BCUT2D eigenvalue weighted by molar-refractivity contribution is -0.0776. The second-order valence-corrected chi connectivity index (χ2v) is 5.13. The van der Waals surface area contributed by atoms with Crippen LogP contribution in [-0.4, -0.2) is 36.2 Å². The molecule has 0 N–H and O–H groups in total. The maximum atomic E-state index is 5.95. The van der Waals surface area contributed by atoms with Crippen molar-refractivity contribution in [3.8, 4) is 0 Å². The molecule has 0 bridgehead atoms. The summed E-state index contributed by atoms with van der Waals surface area (Å²) in [6, 6.07) is 0.624. The van der Waals surface area contributed by atoms with Crippen molar-refractivity contribution in [1.29, 1.82) is 0 Å². The molecule has 2 nitrogen and oxygen atoms in total. The van der Waals surface area contributed by atoms with Crippen LogP contribution in [0, 0.1) is 0 Å². The van der Waals surface area contributed by atoms with Crippen LogP contribution in [0.15, 0.2) is 0 Å². The number of rotatable bonds is 2. The molecule has 2 unspecified atom stereocenters. The number of hydrogen-bond acceptors (Lipinski definition) is 2. The smallest absolute Gasteiger partial charge is 0.0709 e. The minimum Gasteiger partial charge on any atom is -0.371 e. The summed E-state index contributed by atoms with van der Waals surface area (Å²) in [5.74, 6) is 0. The van der Waals surface area contributed by atoms with E-state index in [1.807, 2.05) is 0 Å². The first kappa shape index (κ1) is 11.0. The second kappa shape index (κ2) is 3.97. The normalized spacial score (nSPS) is 27.9. The summed E-state index contributed by atoms with van der Waals surface area (Å²) in [7, 11) is 2.19. The van der Waals surface area contributed by atoms with Crippen molar-refractivity contribution in [2.75, 3.05) is 13.6 Å². The standard InChI is InChI=1S/C11H23NO/c1-9(13-11(2,3)4)10-7-6-8-12(10)5/h9-10H,6-8H2,1-5H3. The van der Waals surface area contributed by atoms with Gasteiger partial charge < -0.3 is 9.64 Å². The molecule has 0 aromatic rings. The van der Waals surface area contributed by atoms with Crippen LogP contribution in [0.4, 0.5) is 0 Å². The Bertz CT molecular complexity index is 162. The van der Waals surface area contributed by atoms with E-state index in [0.717, 1.165) is 0 Å². The van der Waals surface area contributed by atoms with Gasteiger partial charge in [-0.3, -0.25) is 0 Å². The molecule has 13 heavy (non-hydrogen) atoms. The molecule has 1 aliphatic heterocycles. The van der Waals surface area contributed by atoms with E-state index in [2.05, 4.69) is 39.6 Å². The van der Waals surface area contributed by atoms with Crippen LogP contribution in [0.1, 0.15) is 40.5 Å². The number of hydrogen-bond donors (Lipinski definition) is 0. The number of nitrogens with zero attached hydrogens (tertiary/aromatic N) is 1. The molecular weight excluding hydrogens is 162 g/mol. The van der Waals surface area contributed by atoms with Crippen LogP contribution in [0.3, 0.4) is 0 Å². The number of ether oxygens (including phenoxy) is 1. The zero-order chi connectivity index (χ0) is 10.1. The molecule has 1 saturated heterocycles. The van der Waals surface area contributed by atoms with Gasteiger partial charge in [0.15, 0.2) is 0 Å². The first-order valence-corrected chi connectivity index (χ1v) is 5.28. The molecule has 78 valence electrons. The van der Waals surface area contributed by atoms with E-state index < -0.39 is 0 Å². The van der Waals surface area contributed by atoms with Crippen LogP contribution in [0.5, 0.6) is 0 Å². The quantitative estimate of drug-likeness (QED) is 0.654. The van der Waals surface area contributed by atoms with Gasteiger partial charge in [0.2, 0.25) is 0 Å². The summed E-state index contributed by atoms with van der Waals surface area (Å²) < 4.78 is 5.95. The largest absolute Gasteiger partial charge is 0.371 e. The molecule has 2 atom stereocenters. The van der Waals surface area contributed by atoms with Crippen molar-refractivity contribution < 1.29 is 4.74 Å². The Morgan fingerprint density at radius 2 is 2.00 bits per heavy atom. The van der Waals surface area contributed by atoms with Gasteiger partial charge in [-0.05, 0) is 54.1 Å². The van der Waals surface area contributed by atoms with Gasteiger partial charge in [-0.15, -0.1) is 0 Å². The SMILES string of the molecule is CC(OC(C)(C)C)C1CCCN1C. The summed E-state index contributed by atoms with van der Waals surface area (Å²) in [5.41, 5.74) is -0.0111. The van der Waals surface area contributed by atoms with E-state index in [4.69, 9.17) is 4.74 Å². The van der Waals surface area contributed by atoms with Crippen LogP contribution < -0.4 is 0 Å². The average molecular weight is 185 g/mol. The van der Waals surface area contributed by atoms with Crippen molar-refractivity contribution in [2.24, 2.45) is 0 Å². The minimum absolute atomic E-state index is 0.0111.